The quantitative estimate of drug-likeness (QED) is 0.518. The Kier molecular flexibility index (Phi) is 8.81. The van der Waals surface area contributed by atoms with Crippen LogP contribution in [0.2, 0.25) is 0 Å². The third kappa shape index (κ3) is 6.48. The van der Waals surface area contributed by atoms with E-state index in [4.69, 9.17) is 14.2 Å². The van der Waals surface area contributed by atoms with Crippen molar-refractivity contribution in [2.75, 3.05) is 13.2 Å². The fraction of sp³-hybridized carbons (Fsp3) is 0.417. The third-order valence-corrected chi connectivity index (χ3v) is 5.84. The molecule has 1 fully saturated rings. The molecule has 0 bridgehead atoms. The predicted octanol–water partition coefficient (Wildman–Crippen LogP) is 2.29. The normalized spacial score (nSPS) is 18.1. The number of aliphatic hydroxyl groups excluding tert-OH is 1. The van der Waals surface area contributed by atoms with Gasteiger partial charge in [0.25, 0.3) is 0 Å². The van der Waals surface area contributed by atoms with Gasteiger partial charge >= 0.3 is 191 Å². The summed E-state index contributed by atoms with van der Waals surface area (Å²) in [6, 6.07) is 19.1. The zero-order valence-electron chi connectivity index (χ0n) is 17.8. The van der Waals surface area contributed by atoms with Gasteiger partial charge in [-0.25, -0.2) is 0 Å². The van der Waals surface area contributed by atoms with Crippen LogP contribution in [0.25, 0.3) is 0 Å². The van der Waals surface area contributed by atoms with Gasteiger partial charge in [-0.3, -0.25) is 0 Å². The first-order valence-electron chi connectivity index (χ1n) is 10.4. The van der Waals surface area contributed by atoms with Gasteiger partial charge in [0.05, 0.1) is 0 Å². The zero-order valence-corrected chi connectivity index (χ0v) is 19.6. The van der Waals surface area contributed by atoms with Crippen LogP contribution in [-0.4, -0.2) is 67.7 Å². The SMILES string of the molecule is CC(C)[C@H]1COC(=[Se])N1C(=O)[C@H](OCc1ccccc1)[C@H](O)COCc1ccccc1. The number of carbonyl (C=O) groups is 1. The van der Waals surface area contributed by atoms with Gasteiger partial charge < -0.3 is 0 Å². The number of amides is 1. The van der Waals surface area contributed by atoms with Gasteiger partial charge in [-0.2, -0.15) is 0 Å². The van der Waals surface area contributed by atoms with E-state index in [2.05, 4.69) is 15.6 Å². The summed E-state index contributed by atoms with van der Waals surface area (Å²) in [4.78, 5) is 15.0. The molecule has 1 aliphatic heterocycles. The molecule has 0 unspecified atom stereocenters. The first-order valence-corrected chi connectivity index (χ1v) is 11.3. The Balaban J connectivity index is 1.70. The number of benzene rings is 2. The molecule has 1 heterocycles. The molecule has 31 heavy (non-hydrogen) atoms. The van der Waals surface area contributed by atoms with Crippen LogP contribution in [0.3, 0.4) is 0 Å². The van der Waals surface area contributed by atoms with Crippen LogP contribution in [0.1, 0.15) is 25.0 Å². The fourth-order valence-electron chi connectivity index (χ4n) is 3.38. The molecule has 7 heteroatoms. The second-order valence-electron chi connectivity index (χ2n) is 7.88. The van der Waals surface area contributed by atoms with Crippen molar-refractivity contribution < 1.29 is 24.1 Å². The van der Waals surface area contributed by atoms with Gasteiger partial charge in [0.1, 0.15) is 0 Å². The third-order valence-electron chi connectivity index (χ3n) is 5.18. The summed E-state index contributed by atoms with van der Waals surface area (Å²) in [6.07, 6.45) is -2.21. The Morgan fingerprint density at radius 1 is 1.10 bits per heavy atom. The molecule has 0 aromatic heterocycles. The van der Waals surface area contributed by atoms with E-state index in [0.717, 1.165) is 11.1 Å². The summed E-state index contributed by atoms with van der Waals surface area (Å²) in [5, 5.41) is 10.8. The molecule has 0 radical (unpaired) electrons. The number of aliphatic hydroxyl groups is 1. The molecule has 2 aromatic rings. The summed E-state index contributed by atoms with van der Waals surface area (Å²) in [5.41, 5.74) is 1.91. The van der Waals surface area contributed by atoms with Crippen molar-refractivity contribution in [1.29, 1.82) is 0 Å². The molecule has 1 N–H and O–H groups in total. The number of rotatable bonds is 10. The van der Waals surface area contributed by atoms with E-state index in [1.54, 1.807) is 4.90 Å². The van der Waals surface area contributed by atoms with E-state index in [-0.39, 0.29) is 31.1 Å². The van der Waals surface area contributed by atoms with Crippen molar-refractivity contribution in [3.63, 3.8) is 0 Å². The molecule has 0 aliphatic carbocycles. The molecule has 1 saturated heterocycles. The topological polar surface area (TPSA) is 68.2 Å². The Bertz CT molecular complexity index is 846. The first-order chi connectivity index (χ1) is 15.0. The van der Waals surface area contributed by atoms with Crippen molar-refractivity contribution in [3.05, 3.63) is 71.8 Å². The average molecular weight is 490 g/mol. The van der Waals surface area contributed by atoms with Gasteiger partial charge in [0.2, 0.25) is 0 Å². The summed E-state index contributed by atoms with van der Waals surface area (Å²) in [6.45, 7) is 5.01. The van der Waals surface area contributed by atoms with Crippen molar-refractivity contribution in [1.82, 2.24) is 4.90 Å². The van der Waals surface area contributed by atoms with E-state index < -0.39 is 12.2 Å². The number of ether oxygens (including phenoxy) is 3. The summed E-state index contributed by atoms with van der Waals surface area (Å²) in [7, 11) is 0. The van der Waals surface area contributed by atoms with Gasteiger partial charge in [-0.05, 0) is 0 Å². The molecule has 1 amide bonds. The second-order valence-corrected chi connectivity index (χ2v) is 8.61. The average Bonchev–Trinajstić information content (AvgIpc) is 3.17. The number of carbonyl (C=O) groups excluding carboxylic acids is 1. The molecular formula is C24H29NO5Se. The molecule has 166 valence electrons. The molecule has 3 rings (SSSR count). The minimum absolute atomic E-state index is 0.0239. The molecule has 2 aromatic carbocycles. The van der Waals surface area contributed by atoms with Crippen molar-refractivity contribution in [2.45, 2.75) is 45.3 Å². The van der Waals surface area contributed by atoms with Crippen LogP contribution < -0.4 is 0 Å². The van der Waals surface area contributed by atoms with E-state index in [0.29, 0.717) is 17.9 Å². The van der Waals surface area contributed by atoms with Gasteiger partial charge in [0.15, 0.2) is 0 Å². The van der Waals surface area contributed by atoms with Gasteiger partial charge in [0, 0.05) is 0 Å². The van der Waals surface area contributed by atoms with Crippen molar-refractivity contribution in [2.24, 2.45) is 5.92 Å². The maximum atomic E-state index is 13.4. The Hall–Kier alpha value is -2.02. The van der Waals surface area contributed by atoms with Crippen molar-refractivity contribution in [3.8, 4) is 0 Å². The second kappa shape index (κ2) is 11.6. The van der Waals surface area contributed by atoms with Gasteiger partial charge in [-0.1, -0.05) is 0 Å². The van der Waals surface area contributed by atoms with Crippen LogP contribution in [-0.2, 0) is 32.2 Å². The molecule has 3 atom stereocenters. The van der Waals surface area contributed by atoms with Gasteiger partial charge in [-0.15, -0.1) is 0 Å². The monoisotopic (exact) mass is 491 g/mol. The molecule has 1 aliphatic rings. The van der Waals surface area contributed by atoms with E-state index >= 15 is 0 Å². The minimum atomic E-state index is -1.12. The summed E-state index contributed by atoms with van der Waals surface area (Å²) in [5.74, 6) is -0.146. The van der Waals surface area contributed by atoms with Crippen LogP contribution >= 0.6 is 0 Å². The maximum absolute atomic E-state index is 13.4. The Morgan fingerprint density at radius 2 is 1.68 bits per heavy atom. The molecule has 0 saturated carbocycles. The number of hydrogen-bond acceptors (Lipinski definition) is 5. The van der Waals surface area contributed by atoms with E-state index in [1.165, 1.54) is 0 Å². The van der Waals surface area contributed by atoms with Crippen LogP contribution in [0.5, 0.6) is 0 Å². The molecule has 6 nitrogen and oxygen atoms in total. The molecule has 0 spiro atoms. The van der Waals surface area contributed by atoms with Crippen molar-refractivity contribution >= 4 is 26.2 Å². The summed E-state index contributed by atoms with van der Waals surface area (Å²) < 4.78 is 17.6. The zero-order chi connectivity index (χ0) is 22.2. The fourth-order valence-corrected chi connectivity index (χ4v) is 4.00. The number of nitrogens with zero attached hydrogens (tertiary/aromatic N) is 1. The Labute approximate surface area is 191 Å². The molecular weight excluding hydrogens is 461 g/mol. The number of hydrogen-bond donors (Lipinski definition) is 1. The van der Waals surface area contributed by atoms with E-state index in [9.17, 15) is 9.90 Å². The van der Waals surface area contributed by atoms with Crippen LogP contribution in [0, 0.1) is 5.92 Å². The standard InChI is InChI=1S/C24H29NO5Se/c1-17(2)20-15-30-24(31)25(20)23(27)22(29-14-19-11-7-4-8-12-19)21(26)16-28-13-18-9-5-3-6-10-18/h3-12,17,20-22,26H,13-16H2,1-2H3/t20-,21-,22-/m1/s1. The Morgan fingerprint density at radius 3 is 2.26 bits per heavy atom. The van der Waals surface area contributed by atoms with Crippen LogP contribution in [0.15, 0.2) is 60.7 Å². The first kappa shape index (κ1) is 23.6. The van der Waals surface area contributed by atoms with E-state index in [1.807, 2.05) is 74.5 Å². The summed E-state index contributed by atoms with van der Waals surface area (Å²) >= 11 is 2.82. The predicted molar refractivity (Wildman–Crippen MR) is 119 cm³/mol. The van der Waals surface area contributed by atoms with Crippen LogP contribution in [0.4, 0.5) is 0 Å².